The van der Waals surface area contributed by atoms with Crippen molar-refractivity contribution in [1.29, 1.82) is 0 Å². The minimum atomic E-state index is -6.11. The second kappa shape index (κ2) is 9.26. The molecule has 0 radical (unpaired) electrons. The van der Waals surface area contributed by atoms with E-state index in [0.717, 1.165) is 6.07 Å². The van der Waals surface area contributed by atoms with E-state index in [-0.39, 0.29) is 23.2 Å². The Bertz CT molecular complexity index is 1130. The summed E-state index contributed by atoms with van der Waals surface area (Å²) in [6, 6.07) is 2.44. The van der Waals surface area contributed by atoms with Gasteiger partial charge in [-0.3, -0.25) is 13.7 Å². The number of anilines is 1. The molecule has 0 aliphatic carbocycles. The average Bonchev–Trinajstić information content (AvgIpc) is 2.59. The lowest BCUT2D eigenvalue weighted by Crippen LogP contribution is -2.21. The first-order valence-electron chi connectivity index (χ1n) is 7.91. The monoisotopic (exact) mass is 540 g/mol. The van der Waals surface area contributed by atoms with Gasteiger partial charge in [-0.1, -0.05) is 11.6 Å². The van der Waals surface area contributed by atoms with Crippen molar-refractivity contribution in [2.45, 2.75) is 12.4 Å². The average molecular weight is 541 g/mol. The van der Waals surface area contributed by atoms with E-state index in [1.807, 2.05) is 0 Å². The number of halogens is 7. The molecule has 0 saturated carbocycles. The smallest absolute Gasteiger partial charge is 0.416 e. The molecule has 1 unspecified atom stereocenters. The second-order valence-electron chi connectivity index (χ2n) is 5.96. The third-order valence-corrected chi connectivity index (χ3v) is 5.70. The Kier molecular flexibility index (Phi) is 7.61. The zero-order chi connectivity index (χ0) is 25.4. The molecule has 0 bridgehead atoms. The number of alkyl halides is 6. The highest BCUT2D eigenvalue weighted by molar-refractivity contribution is 7.58. The van der Waals surface area contributed by atoms with Crippen LogP contribution in [0.1, 0.15) is 21.5 Å². The van der Waals surface area contributed by atoms with Crippen LogP contribution in [0, 0.1) is 0 Å². The van der Waals surface area contributed by atoms with Crippen molar-refractivity contribution in [2.75, 3.05) is 5.32 Å². The molecule has 0 spiro atoms. The van der Waals surface area contributed by atoms with Crippen molar-refractivity contribution < 1.29 is 63.8 Å². The normalized spacial score (nSPS) is 14.5. The fourth-order valence-electron chi connectivity index (χ4n) is 2.24. The summed E-state index contributed by atoms with van der Waals surface area (Å²) in [5.41, 5.74) is -5.37. The fourth-order valence-corrected chi connectivity index (χ4v) is 3.93. The number of amides is 1. The van der Waals surface area contributed by atoms with Gasteiger partial charge in [0.1, 0.15) is 5.75 Å². The molecule has 0 fully saturated rings. The molecule has 2 aromatic rings. The van der Waals surface area contributed by atoms with E-state index in [2.05, 4.69) is 8.83 Å². The Hall–Kier alpha value is -2.12. The number of phosphoric ester groups is 1. The first-order chi connectivity index (χ1) is 14.8. The van der Waals surface area contributed by atoms with Crippen LogP contribution in [0.5, 0.6) is 5.75 Å². The van der Waals surface area contributed by atoms with Crippen molar-refractivity contribution in [3.8, 4) is 5.75 Å². The summed E-state index contributed by atoms with van der Waals surface area (Å²) < 4.78 is 107. The quantitative estimate of drug-likeness (QED) is 0.433. The summed E-state index contributed by atoms with van der Waals surface area (Å²) in [6.07, 6.45) is -10.4. The van der Waals surface area contributed by atoms with Crippen molar-refractivity contribution in [1.82, 2.24) is 0 Å². The number of nitrogens with one attached hydrogen (secondary N) is 1. The Balaban J connectivity index is 2.46. The van der Waals surface area contributed by atoms with Gasteiger partial charge < -0.3 is 29.1 Å². The highest BCUT2D eigenvalue weighted by Crippen LogP contribution is 2.51. The van der Waals surface area contributed by atoms with E-state index in [0.29, 0.717) is 12.1 Å². The number of phosphoric acid groups is 2. The molecule has 1 amide bonds. The lowest BCUT2D eigenvalue weighted by Gasteiger charge is -2.35. The maximum atomic E-state index is 13.0. The van der Waals surface area contributed by atoms with Gasteiger partial charge in [0.25, 0.3) is 5.91 Å². The number of carbonyl (C=O) groups excluding carboxylic acids is 1. The van der Waals surface area contributed by atoms with Crippen LogP contribution >= 0.6 is 27.2 Å². The van der Waals surface area contributed by atoms with Gasteiger partial charge in [0.05, 0.1) is 24.5 Å². The van der Waals surface area contributed by atoms with E-state index in [9.17, 15) is 54.9 Å². The number of carbonyl (C=O) groups is 1. The molecule has 2 aromatic carbocycles. The standard InChI is InChI=1S/C15H10ClF6NO8P2/c16-9-1-2-12(30-33(28,29)31-32(25,26)27)11(6-9)13(24)23-10-4-7(14(17,18)19)3-8(5-10)15(20,21)22/h1-6H,(H,23,24)(H,28,29)(H2,25,26,27)/p-3. The molecule has 9 nitrogen and oxygen atoms in total. The molecule has 1 N–H and O–H groups in total. The summed E-state index contributed by atoms with van der Waals surface area (Å²) in [5, 5.41) is 1.43. The molecule has 1 atom stereocenters. The van der Waals surface area contributed by atoms with Gasteiger partial charge in [-0.25, -0.2) is 0 Å². The maximum absolute atomic E-state index is 13.0. The zero-order valence-electron chi connectivity index (χ0n) is 15.3. The van der Waals surface area contributed by atoms with Crippen LogP contribution in [0.3, 0.4) is 0 Å². The highest BCUT2D eigenvalue weighted by atomic mass is 35.5. The number of hydrogen-bond acceptors (Lipinski definition) is 8. The molecule has 0 saturated heterocycles. The fraction of sp³-hybridized carbons (Fsp3) is 0.133. The van der Waals surface area contributed by atoms with Crippen molar-refractivity contribution in [3.05, 3.63) is 58.1 Å². The predicted octanol–water partition coefficient (Wildman–Crippen LogP) is 3.32. The summed E-state index contributed by atoms with van der Waals surface area (Å²) in [4.78, 5) is 45.0. The summed E-state index contributed by atoms with van der Waals surface area (Å²) in [7, 11) is -12.0. The molecule has 33 heavy (non-hydrogen) atoms. The summed E-state index contributed by atoms with van der Waals surface area (Å²) in [5.74, 6) is -2.51. The van der Waals surface area contributed by atoms with Crippen LogP contribution < -0.4 is 24.5 Å². The van der Waals surface area contributed by atoms with Crippen molar-refractivity contribution in [3.63, 3.8) is 0 Å². The Morgan fingerprint density at radius 1 is 0.909 bits per heavy atom. The van der Waals surface area contributed by atoms with Crippen molar-refractivity contribution in [2.24, 2.45) is 0 Å². The Labute approximate surface area is 184 Å². The number of hydrogen-bond donors (Lipinski definition) is 1. The maximum Gasteiger partial charge on any atom is 0.416 e. The van der Waals surface area contributed by atoms with Gasteiger partial charge in [0.15, 0.2) is 0 Å². The molecular weight excluding hydrogens is 534 g/mol. The van der Waals surface area contributed by atoms with Crippen LogP contribution in [-0.2, 0) is 25.8 Å². The van der Waals surface area contributed by atoms with Gasteiger partial charge in [0, 0.05) is 10.7 Å². The number of benzene rings is 2. The molecule has 2 rings (SSSR count). The lowest BCUT2D eigenvalue weighted by atomic mass is 10.1. The summed E-state index contributed by atoms with van der Waals surface area (Å²) >= 11 is 5.66. The van der Waals surface area contributed by atoms with Gasteiger partial charge in [-0.15, -0.1) is 0 Å². The van der Waals surface area contributed by atoms with Gasteiger partial charge >= 0.3 is 20.2 Å². The lowest BCUT2D eigenvalue weighted by molar-refractivity contribution is -0.339. The van der Waals surface area contributed by atoms with Crippen LogP contribution in [0.15, 0.2) is 36.4 Å². The third kappa shape index (κ3) is 8.00. The molecule has 0 heterocycles. The van der Waals surface area contributed by atoms with Crippen LogP contribution in [-0.4, -0.2) is 5.91 Å². The van der Waals surface area contributed by atoms with Gasteiger partial charge in [0.2, 0.25) is 0 Å². The topological polar surface area (TPSA) is 151 Å². The zero-order valence-corrected chi connectivity index (χ0v) is 17.8. The second-order valence-corrected chi connectivity index (χ2v) is 9.02. The van der Waals surface area contributed by atoms with E-state index in [1.54, 1.807) is 5.32 Å². The highest BCUT2D eigenvalue weighted by Gasteiger charge is 2.37. The third-order valence-electron chi connectivity index (χ3n) is 3.44. The molecule has 0 aromatic heterocycles. The number of rotatable bonds is 6. The predicted molar refractivity (Wildman–Crippen MR) is 92.8 cm³/mol. The molecule has 0 aliphatic rings. The molecule has 18 heteroatoms. The Morgan fingerprint density at radius 2 is 1.42 bits per heavy atom. The Morgan fingerprint density at radius 3 is 1.88 bits per heavy atom. The molecule has 0 aliphatic heterocycles. The van der Waals surface area contributed by atoms with E-state index in [1.165, 1.54) is 0 Å². The minimum Gasteiger partial charge on any atom is -0.789 e. The van der Waals surface area contributed by atoms with Crippen LogP contribution in [0.4, 0.5) is 32.0 Å². The SMILES string of the molecule is O=C(Nc1cc(C(F)(F)F)cc(C(F)(F)F)c1)c1cc(Cl)ccc1OP(=O)([O-])OP(=O)([O-])[O-]. The first kappa shape index (κ1) is 27.1. The van der Waals surface area contributed by atoms with E-state index >= 15 is 0 Å². The first-order valence-corrected chi connectivity index (χ1v) is 11.2. The van der Waals surface area contributed by atoms with E-state index in [4.69, 9.17) is 11.6 Å². The van der Waals surface area contributed by atoms with Crippen LogP contribution in [0.25, 0.3) is 0 Å². The van der Waals surface area contributed by atoms with Crippen molar-refractivity contribution >= 4 is 38.8 Å². The molecule has 182 valence electrons. The minimum absolute atomic E-state index is 0.172. The largest absolute Gasteiger partial charge is 0.789 e. The van der Waals surface area contributed by atoms with Gasteiger partial charge in [-0.2, -0.15) is 26.3 Å². The summed E-state index contributed by atoms with van der Waals surface area (Å²) in [6.45, 7) is 0. The van der Waals surface area contributed by atoms with Crippen LogP contribution in [0.2, 0.25) is 5.02 Å². The molecular formula is C15H7ClF6NO8P2-3. The van der Waals surface area contributed by atoms with Gasteiger partial charge in [-0.05, 0) is 36.4 Å². The van der Waals surface area contributed by atoms with E-state index < -0.39 is 62.0 Å².